The molecule has 0 saturated carbocycles. The lowest BCUT2D eigenvalue weighted by atomic mass is 10.0. The number of carbonyl (C=O) groups is 4. The number of fused-ring (bicyclic) bond motifs is 2. The number of aliphatic hydroxyl groups excluding tert-OH is 10. The Bertz CT molecular complexity index is 1290. The number of likely N-dealkylation sites (N-methyl/N-ethyl adjacent to an activating group) is 1. The van der Waals surface area contributed by atoms with E-state index in [0.29, 0.717) is 24.5 Å². The molecule has 22 nitrogen and oxygen atoms in total. The van der Waals surface area contributed by atoms with Gasteiger partial charge >= 0.3 is 11.9 Å². The molecule has 1 aromatic rings. The minimum atomic E-state index is -1.88. The minimum Gasteiger partial charge on any atom is -0.480 e. The molecule has 14 N–H and O–H groups in total. The van der Waals surface area contributed by atoms with Crippen molar-refractivity contribution >= 4 is 23.8 Å². The zero-order chi connectivity index (χ0) is 42.1. The maximum Gasteiger partial charge on any atom is 0.320 e. The van der Waals surface area contributed by atoms with Gasteiger partial charge in [-0.2, -0.15) is 0 Å². The number of pyridine rings is 1. The van der Waals surface area contributed by atoms with Crippen molar-refractivity contribution in [2.24, 2.45) is 0 Å². The molecule has 0 saturated heterocycles. The summed E-state index contributed by atoms with van der Waals surface area (Å²) in [5.41, 5.74) is 0.927. The van der Waals surface area contributed by atoms with Crippen LogP contribution in [0.2, 0.25) is 0 Å². The van der Waals surface area contributed by atoms with Gasteiger partial charge in [0.2, 0.25) is 11.8 Å². The molecule has 320 valence electrons. The Hall–Kier alpha value is -3.49. The summed E-state index contributed by atoms with van der Waals surface area (Å²) in [6.45, 7) is -1.62. The van der Waals surface area contributed by atoms with Crippen molar-refractivity contribution in [1.82, 2.24) is 30.3 Å². The van der Waals surface area contributed by atoms with Crippen molar-refractivity contribution in [2.45, 2.75) is 99.7 Å². The van der Waals surface area contributed by atoms with Gasteiger partial charge in [0, 0.05) is 65.2 Å². The van der Waals surface area contributed by atoms with Gasteiger partial charge in [0.25, 0.3) is 0 Å². The van der Waals surface area contributed by atoms with Crippen molar-refractivity contribution in [2.75, 3.05) is 59.5 Å². The van der Waals surface area contributed by atoms with E-state index in [0.717, 1.165) is 0 Å². The van der Waals surface area contributed by atoms with Crippen molar-refractivity contribution in [3.63, 3.8) is 0 Å². The predicted octanol–water partition coefficient (Wildman–Crippen LogP) is -6.80. The van der Waals surface area contributed by atoms with Gasteiger partial charge in [-0.25, -0.2) is 0 Å². The molecule has 0 aliphatic carbocycles. The highest BCUT2D eigenvalue weighted by Gasteiger charge is 2.33. The molecule has 10 unspecified atom stereocenters. The van der Waals surface area contributed by atoms with Crippen LogP contribution < -0.4 is 10.6 Å². The summed E-state index contributed by atoms with van der Waals surface area (Å²) in [5, 5.41) is 122. The highest BCUT2D eigenvalue weighted by atomic mass is 16.4. The SMILES string of the molecule is CN1CCN(C(CCC(=O)NCC(O)C(O)C(O)C(O)CO)C(=O)O)Cc2cccc(n2)CN(C(CCC(=O)NCC(O)C(O)C(O)C(O)CO)C(=O)O)CC1. The van der Waals surface area contributed by atoms with E-state index in [1.807, 2.05) is 4.90 Å². The lowest BCUT2D eigenvalue weighted by Crippen LogP contribution is -2.50. The van der Waals surface area contributed by atoms with Gasteiger partial charge in [0.1, 0.15) is 48.7 Å². The topological polar surface area (TPSA) is 358 Å². The van der Waals surface area contributed by atoms with Crippen LogP contribution in [0.25, 0.3) is 0 Å². The molecule has 2 rings (SSSR count). The third-order valence-corrected chi connectivity index (χ3v) is 9.54. The minimum absolute atomic E-state index is 0.0509. The fraction of sp³-hybridized carbons (Fsp3) is 0.735. The Morgan fingerprint density at radius 2 is 0.982 bits per heavy atom. The van der Waals surface area contributed by atoms with E-state index in [-0.39, 0.29) is 51.9 Å². The smallest absolute Gasteiger partial charge is 0.320 e. The van der Waals surface area contributed by atoms with Crippen molar-refractivity contribution in [3.8, 4) is 0 Å². The Balaban J connectivity index is 2.11. The number of aliphatic carboxylic acids is 2. The number of aliphatic hydroxyl groups is 10. The normalized spacial score (nSPS) is 20.4. The molecule has 0 aromatic carbocycles. The van der Waals surface area contributed by atoms with Crippen LogP contribution in [0, 0.1) is 0 Å². The summed E-state index contributed by atoms with van der Waals surface area (Å²) >= 11 is 0. The molecular formula is C34H58N6O16. The summed E-state index contributed by atoms with van der Waals surface area (Å²) in [4.78, 5) is 60.0. The van der Waals surface area contributed by atoms with Crippen LogP contribution in [-0.4, -0.2) is 225 Å². The lowest BCUT2D eigenvalue weighted by Gasteiger charge is -2.33. The fourth-order valence-electron chi connectivity index (χ4n) is 5.96. The second-order valence-corrected chi connectivity index (χ2v) is 13.9. The van der Waals surface area contributed by atoms with Crippen LogP contribution in [0.4, 0.5) is 0 Å². The molecule has 22 heteroatoms. The number of carboxylic acid groups (broad SMARTS) is 2. The standard InChI is InChI=1S/C34H58N6O16/c1-38-9-11-39(21(33(53)54)5-7-27(47)35-13-23(43)29(49)31(51)25(45)17-41)15-19-3-2-4-20(37-19)16-40(12-10-38)22(34(55)56)6-8-28(48)36-14-24(44)30(50)32(52)26(46)18-42/h2-4,21-26,29-32,41-46,49-52H,5-18H2,1H3,(H,35,47)(H,36,48)(H,53,54)(H,55,56). The second kappa shape index (κ2) is 24.3. The molecule has 0 fully saturated rings. The summed E-state index contributed by atoms with van der Waals surface area (Å²) in [7, 11) is 1.76. The van der Waals surface area contributed by atoms with Crippen LogP contribution in [0.3, 0.4) is 0 Å². The maximum atomic E-state index is 12.6. The van der Waals surface area contributed by atoms with Gasteiger partial charge < -0.3 is 76.8 Å². The van der Waals surface area contributed by atoms with Crippen LogP contribution in [0.15, 0.2) is 18.2 Å². The summed E-state index contributed by atoms with van der Waals surface area (Å²) in [6.07, 6.45) is -15.2. The predicted molar refractivity (Wildman–Crippen MR) is 192 cm³/mol. The molecule has 0 radical (unpaired) electrons. The summed E-state index contributed by atoms with van der Waals surface area (Å²) in [5.74, 6) is -3.71. The molecule has 2 bridgehead atoms. The molecular weight excluding hydrogens is 748 g/mol. The molecule has 56 heavy (non-hydrogen) atoms. The number of nitrogens with one attached hydrogen (secondary N) is 2. The first kappa shape index (κ1) is 48.7. The van der Waals surface area contributed by atoms with Crippen molar-refractivity contribution in [3.05, 3.63) is 29.6 Å². The number of hydrogen-bond donors (Lipinski definition) is 14. The van der Waals surface area contributed by atoms with E-state index < -0.39 is 111 Å². The Morgan fingerprint density at radius 3 is 1.32 bits per heavy atom. The Morgan fingerprint density at radius 1 is 0.625 bits per heavy atom. The third kappa shape index (κ3) is 15.8. The van der Waals surface area contributed by atoms with Gasteiger partial charge in [0.15, 0.2) is 0 Å². The van der Waals surface area contributed by atoms with Crippen LogP contribution in [-0.2, 0) is 32.3 Å². The average Bonchev–Trinajstić information content (AvgIpc) is 3.17. The number of aromatic nitrogens is 1. The van der Waals surface area contributed by atoms with Gasteiger partial charge in [0.05, 0.1) is 36.8 Å². The summed E-state index contributed by atoms with van der Waals surface area (Å²) < 4.78 is 0. The zero-order valence-electron chi connectivity index (χ0n) is 31.2. The van der Waals surface area contributed by atoms with E-state index in [2.05, 4.69) is 15.6 Å². The highest BCUT2D eigenvalue weighted by Crippen LogP contribution is 2.17. The number of nitrogens with zero attached hydrogens (tertiary/aromatic N) is 4. The van der Waals surface area contributed by atoms with E-state index in [9.17, 15) is 70.2 Å². The first-order valence-electron chi connectivity index (χ1n) is 18.2. The van der Waals surface area contributed by atoms with Crippen LogP contribution in [0.1, 0.15) is 37.1 Å². The molecule has 2 heterocycles. The molecule has 0 spiro atoms. The molecule has 10 atom stereocenters. The van der Waals surface area contributed by atoms with Crippen LogP contribution in [0.5, 0.6) is 0 Å². The first-order chi connectivity index (χ1) is 26.4. The maximum absolute atomic E-state index is 12.6. The number of hydrogen-bond acceptors (Lipinski definition) is 18. The molecule has 1 aromatic heterocycles. The Kier molecular flexibility index (Phi) is 21.1. The number of rotatable bonds is 22. The largest absolute Gasteiger partial charge is 0.480 e. The lowest BCUT2D eigenvalue weighted by molar-refractivity contribution is -0.145. The van der Waals surface area contributed by atoms with Gasteiger partial charge in [-0.1, -0.05) is 6.07 Å². The third-order valence-electron chi connectivity index (χ3n) is 9.54. The first-order valence-corrected chi connectivity index (χ1v) is 18.2. The summed E-state index contributed by atoms with van der Waals surface area (Å²) in [6, 6.07) is 2.72. The molecule has 1 aliphatic rings. The second-order valence-electron chi connectivity index (χ2n) is 13.9. The van der Waals surface area contributed by atoms with Gasteiger partial charge in [-0.15, -0.1) is 0 Å². The number of amides is 2. The average molecular weight is 807 g/mol. The number of carboxylic acids is 2. The fourth-order valence-corrected chi connectivity index (χ4v) is 5.96. The van der Waals surface area contributed by atoms with E-state index in [4.69, 9.17) is 10.2 Å². The van der Waals surface area contributed by atoms with Crippen molar-refractivity contribution < 1.29 is 80.5 Å². The highest BCUT2D eigenvalue weighted by molar-refractivity contribution is 5.79. The number of carbonyl (C=O) groups excluding carboxylic acids is 2. The van der Waals surface area contributed by atoms with Crippen molar-refractivity contribution in [1.29, 1.82) is 0 Å². The quantitative estimate of drug-likeness (QED) is 0.0518. The van der Waals surface area contributed by atoms with E-state index in [1.165, 1.54) is 0 Å². The zero-order valence-corrected chi connectivity index (χ0v) is 31.2. The Labute approximate surface area is 323 Å². The monoisotopic (exact) mass is 806 g/mol. The van der Waals surface area contributed by atoms with Gasteiger partial charge in [-0.05, 0) is 32.0 Å². The van der Waals surface area contributed by atoms with E-state index >= 15 is 0 Å². The van der Waals surface area contributed by atoms with E-state index in [1.54, 1.807) is 35.0 Å². The molecule has 2 amide bonds. The molecule has 1 aliphatic heterocycles. The van der Waals surface area contributed by atoms with Gasteiger partial charge in [-0.3, -0.25) is 34.0 Å². The van der Waals surface area contributed by atoms with Crippen LogP contribution >= 0.6 is 0 Å².